The van der Waals surface area contributed by atoms with Gasteiger partial charge in [-0.2, -0.15) is 0 Å². The summed E-state index contributed by atoms with van der Waals surface area (Å²) in [5, 5.41) is 5.93. The summed E-state index contributed by atoms with van der Waals surface area (Å²) in [5.41, 5.74) is 1.48. The summed E-state index contributed by atoms with van der Waals surface area (Å²) in [7, 11) is 0. The quantitative estimate of drug-likeness (QED) is 0.725. The molecule has 1 aliphatic carbocycles. The predicted octanol–water partition coefficient (Wildman–Crippen LogP) is 3.22. The van der Waals surface area contributed by atoms with Crippen LogP contribution in [0.5, 0.6) is 0 Å². The molecule has 22 heavy (non-hydrogen) atoms. The van der Waals surface area contributed by atoms with Gasteiger partial charge in [0.15, 0.2) is 0 Å². The van der Waals surface area contributed by atoms with Crippen molar-refractivity contribution in [1.82, 2.24) is 10.6 Å². The van der Waals surface area contributed by atoms with E-state index >= 15 is 0 Å². The van der Waals surface area contributed by atoms with E-state index in [-0.39, 0.29) is 17.6 Å². The first kappa shape index (κ1) is 16.8. The summed E-state index contributed by atoms with van der Waals surface area (Å²) in [6.07, 6.45) is 4.64. The Kier molecular flexibility index (Phi) is 6.25. The number of hydrogen-bond acceptors (Lipinski definition) is 2. The largest absolute Gasteiger partial charge is 0.379 e. The molecule has 2 rings (SSSR count). The smallest absolute Gasteiger partial charge is 0.314 e. The molecular weight excluding hydrogens is 276 g/mol. The van der Waals surface area contributed by atoms with Crippen LogP contribution in [0.1, 0.15) is 45.1 Å². The van der Waals surface area contributed by atoms with Gasteiger partial charge in [-0.1, -0.05) is 36.8 Å². The molecule has 0 aromatic heterocycles. The van der Waals surface area contributed by atoms with Crippen molar-refractivity contribution in [3.05, 3.63) is 35.9 Å². The monoisotopic (exact) mass is 304 g/mol. The van der Waals surface area contributed by atoms with Gasteiger partial charge in [0.05, 0.1) is 6.10 Å². The van der Waals surface area contributed by atoms with E-state index in [9.17, 15) is 4.79 Å². The Hall–Kier alpha value is -1.55. The highest BCUT2D eigenvalue weighted by Gasteiger charge is 2.38. The van der Waals surface area contributed by atoms with E-state index in [4.69, 9.17) is 4.74 Å². The van der Waals surface area contributed by atoms with E-state index in [2.05, 4.69) is 34.9 Å². The summed E-state index contributed by atoms with van der Waals surface area (Å²) in [6.45, 7) is 6.08. The van der Waals surface area contributed by atoms with Crippen molar-refractivity contribution in [3.8, 4) is 0 Å². The van der Waals surface area contributed by atoms with Crippen molar-refractivity contribution < 1.29 is 9.53 Å². The summed E-state index contributed by atoms with van der Waals surface area (Å²) >= 11 is 0. The molecule has 0 unspecified atom stereocenters. The number of urea groups is 1. The zero-order valence-electron chi connectivity index (χ0n) is 13.7. The molecule has 4 heteroatoms. The molecular formula is C18H28N2O2. The van der Waals surface area contributed by atoms with Gasteiger partial charge in [-0.25, -0.2) is 4.79 Å². The summed E-state index contributed by atoms with van der Waals surface area (Å²) < 4.78 is 5.45. The van der Waals surface area contributed by atoms with Crippen LogP contribution in [0.3, 0.4) is 0 Å². The third-order valence-electron chi connectivity index (χ3n) is 4.34. The average Bonchev–Trinajstić information content (AvgIpc) is 2.46. The minimum Gasteiger partial charge on any atom is -0.379 e. The Labute approximate surface area is 133 Å². The molecule has 4 nitrogen and oxygen atoms in total. The van der Waals surface area contributed by atoms with Crippen LogP contribution in [0, 0.1) is 0 Å². The standard InChI is InChI=1S/C18H28N2O2/c1-15(2)22-13-7-12-19-17(21)20-14-18(10-6-11-18)16-8-4-3-5-9-16/h3-5,8-9,15H,6-7,10-14H2,1-2H3,(H2,19,20,21). The number of hydrogen-bond donors (Lipinski definition) is 2. The van der Waals surface area contributed by atoms with Gasteiger partial charge in [-0.05, 0) is 38.7 Å². The van der Waals surface area contributed by atoms with Crippen molar-refractivity contribution in [2.75, 3.05) is 19.7 Å². The van der Waals surface area contributed by atoms with Crippen molar-refractivity contribution in [1.29, 1.82) is 0 Å². The molecule has 1 fully saturated rings. The van der Waals surface area contributed by atoms with Crippen LogP contribution >= 0.6 is 0 Å². The molecule has 1 aromatic rings. The van der Waals surface area contributed by atoms with Gasteiger partial charge in [-0.3, -0.25) is 0 Å². The number of carbonyl (C=O) groups excluding carboxylic acids is 1. The van der Waals surface area contributed by atoms with E-state index in [0.717, 1.165) is 19.3 Å². The molecule has 0 spiro atoms. The van der Waals surface area contributed by atoms with Crippen LogP contribution < -0.4 is 10.6 Å². The molecule has 1 aromatic carbocycles. The molecule has 0 radical (unpaired) electrons. The van der Waals surface area contributed by atoms with Crippen LogP contribution in [0.2, 0.25) is 0 Å². The molecule has 1 saturated carbocycles. The van der Waals surface area contributed by atoms with Crippen molar-refractivity contribution >= 4 is 6.03 Å². The van der Waals surface area contributed by atoms with Gasteiger partial charge in [-0.15, -0.1) is 0 Å². The maximum absolute atomic E-state index is 11.9. The first-order valence-electron chi connectivity index (χ1n) is 8.31. The number of rotatable bonds is 8. The van der Waals surface area contributed by atoms with Crippen LogP contribution in [-0.4, -0.2) is 31.8 Å². The van der Waals surface area contributed by atoms with E-state index in [1.54, 1.807) is 0 Å². The van der Waals surface area contributed by atoms with Gasteiger partial charge in [0.2, 0.25) is 0 Å². The first-order chi connectivity index (χ1) is 10.6. The van der Waals surface area contributed by atoms with Crippen LogP contribution in [0.25, 0.3) is 0 Å². The van der Waals surface area contributed by atoms with E-state index in [0.29, 0.717) is 19.7 Å². The van der Waals surface area contributed by atoms with E-state index in [1.165, 1.54) is 12.0 Å². The second-order valence-electron chi connectivity index (χ2n) is 6.38. The molecule has 0 heterocycles. The molecule has 0 bridgehead atoms. The van der Waals surface area contributed by atoms with Crippen molar-refractivity contribution in [3.63, 3.8) is 0 Å². The lowest BCUT2D eigenvalue weighted by atomic mass is 9.64. The average molecular weight is 304 g/mol. The Morgan fingerprint density at radius 1 is 1.23 bits per heavy atom. The van der Waals surface area contributed by atoms with Crippen molar-refractivity contribution in [2.45, 2.75) is 51.0 Å². The highest BCUT2D eigenvalue weighted by molar-refractivity contribution is 5.74. The fraction of sp³-hybridized carbons (Fsp3) is 0.611. The van der Waals surface area contributed by atoms with E-state index < -0.39 is 0 Å². The predicted molar refractivity (Wildman–Crippen MR) is 89.1 cm³/mol. The lowest BCUT2D eigenvalue weighted by Gasteiger charge is -2.42. The van der Waals surface area contributed by atoms with Crippen LogP contribution in [0.4, 0.5) is 4.79 Å². The lowest BCUT2D eigenvalue weighted by Crippen LogP contribution is -2.48. The molecule has 0 aliphatic heterocycles. The minimum absolute atomic E-state index is 0.0771. The molecule has 2 amide bonds. The zero-order valence-corrected chi connectivity index (χ0v) is 13.7. The second kappa shape index (κ2) is 8.18. The van der Waals surface area contributed by atoms with Crippen LogP contribution in [0.15, 0.2) is 30.3 Å². The third-order valence-corrected chi connectivity index (χ3v) is 4.34. The number of ether oxygens (including phenoxy) is 1. The summed E-state index contributed by atoms with van der Waals surface area (Å²) in [4.78, 5) is 11.9. The van der Waals surface area contributed by atoms with Crippen LogP contribution in [-0.2, 0) is 10.2 Å². The zero-order chi connectivity index (χ0) is 15.8. The Morgan fingerprint density at radius 2 is 1.95 bits per heavy atom. The summed E-state index contributed by atoms with van der Waals surface area (Å²) in [5.74, 6) is 0. The minimum atomic E-state index is -0.0771. The fourth-order valence-corrected chi connectivity index (χ4v) is 2.87. The maximum atomic E-state index is 11.9. The number of nitrogens with one attached hydrogen (secondary N) is 2. The normalized spacial score (nSPS) is 16.1. The number of amides is 2. The highest BCUT2D eigenvalue weighted by Crippen LogP contribution is 2.43. The maximum Gasteiger partial charge on any atom is 0.314 e. The summed E-state index contributed by atoms with van der Waals surface area (Å²) in [6, 6.07) is 10.4. The number of benzene rings is 1. The van der Waals surface area contributed by atoms with Gasteiger partial charge in [0, 0.05) is 25.1 Å². The SMILES string of the molecule is CC(C)OCCCNC(=O)NCC1(c2ccccc2)CCC1. The Morgan fingerprint density at radius 3 is 2.55 bits per heavy atom. The molecule has 0 saturated heterocycles. The van der Waals surface area contributed by atoms with Gasteiger partial charge in [0.25, 0.3) is 0 Å². The van der Waals surface area contributed by atoms with Gasteiger partial charge < -0.3 is 15.4 Å². The Bertz CT molecular complexity index is 455. The third kappa shape index (κ3) is 4.73. The Balaban J connectivity index is 1.69. The molecule has 2 N–H and O–H groups in total. The van der Waals surface area contributed by atoms with Gasteiger partial charge in [0.1, 0.15) is 0 Å². The molecule has 122 valence electrons. The highest BCUT2D eigenvalue weighted by atomic mass is 16.5. The first-order valence-corrected chi connectivity index (χ1v) is 8.31. The number of carbonyl (C=O) groups is 1. The van der Waals surface area contributed by atoms with Gasteiger partial charge >= 0.3 is 6.03 Å². The molecule has 1 aliphatic rings. The second-order valence-corrected chi connectivity index (χ2v) is 6.38. The van der Waals surface area contributed by atoms with E-state index in [1.807, 2.05) is 19.9 Å². The molecule has 0 atom stereocenters. The lowest BCUT2D eigenvalue weighted by molar-refractivity contribution is 0.0774. The van der Waals surface area contributed by atoms with Crippen molar-refractivity contribution in [2.24, 2.45) is 0 Å². The fourth-order valence-electron chi connectivity index (χ4n) is 2.87. The topological polar surface area (TPSA) is 50.4 Å².